The summed E-state index contributed by atoms with van der Waals surface area (Å²) in [7, 11) is 0. The predicted molar refractivity (Wildman–Crippen MR) is 61.9 cm³/mol. The third-order valence-corrected chi connectivity index (χ3v) is 3.28. The number of alkyl halides is 2. The number of likely N-dealkylation sites (tertiary alicyclic amines) is 1. The summed E-state index contributed by atoms with van der Waals surface area (Å²) < 4.78 is 24.6. The highest BCUT2D eigenvalue weighted by Gasteiger charge is 2.38. The molecule has 0 spiro atoms. The minimum Gasteiger partial charge on any atom is -0.481 e. The van der Waals surface area contributed by atoms with Gasteiger partial charge in [-0.1, -0.05) is 6.92 Å². The zero-order valence-corrected chi connectivity index (χ0v) is 10.6. The van der Waals surface area contributed by atoms with E-state index in [0.29, 0.717) is 0 Å². The van der Waals surface area contributed by atoms with Gasteiger partial charge in [-0.3, -0.25) is 4.79 Å². The second-order valence-corrected chi connectivity index (χ2v) is 4.64. The lowest BCUT2D eigenvalue weighted by molar-refractivity contribution is -0.144. The number of carboxylic acid groups (broad SMARTS) is 1. The molecule has 1 fully saturated rings. The minimum atomic E-state index is -2.66. The summed E-state index contributed by atoms with van der Waals surface area (Å²) in [6.45, 7) is 0.781. The van der Waals surface area contributed by atoms with E-state index in [0.717, 1.165) is 4.90 Å². The number of hydrogen-bond donors (Lipinski definition) is 2. The van der Waals surface area contributed by atoms with Crippen molar-refractivity contribution >= 4 is 12.0 Å². The number of amides is 2. The number of carbonyl (C=O) groups excluding carboxylic acids is 1. The van der Waals surface area contributed by atoms with Gasteiger partial charge in [0.15, 0.2) is 0 Å². The van der Waals surface area contributed by atoms with Crippen molar-refractivity contribution in [3.8, 4) is 0 Å². The van der Waals surface area contributed by atoms with E-state index >= 15 is 0 Å². The second-order valence-electron chi connectivity index (χ2n) is 4.64. The maximum absolute atomic E-state index is 12.3. The van der Waals surface area contributed by atoms with Crippen LogP contribution in [-0.4, -0.2) is 71.2 Å². The van der Waals surface area contributed by atoms with Crippen molar-refractivity contribution in [2.45, 2.75) is 13.3 Å². The number of aliphatic hydroxyl groups is 1. The van der Waals surface area contributed by atoms with Crippen LogP contribution in [0.3, 0.4) is 0 Å². The van der Waals surface area contributed by atoms with E-state index < -0.39 is 30.9 Å². The number of carbonyl (C=O) groups is 2. The van der Waals surface area contributed by atoms with Gasteiger partial charge in [0.25, 0.3) is 6.43 Å². The Labute approximate surface area is 109 Å². The highest BCUT2D eigenvalue weighted by atomic mass is 19.3. The largest absolute Gasteiger partial charge is 0.481 e. The lowest BCUT2D eigenvalue weighted by Crippen LogP contribution is -2.58. The number of halogens is 2. The Morgan fingerprint density at radius 2 is 2.00 bits per heavy atom. The van der Waals surface area contributed by atoms with E-state index in [1.54, 1.807) is 6.92 Å². The molecule has 1 rings (SSSR count). The van der Waals surface area contributed by atoms with Crippen molar-refractivity contribution in [3.05, 3.63) is 0 Å². The third kappa shape index (κ3) is 4.02. The molecule has 8 heteroatoms. The smallest absolute Gasteiger partial charge is 0.320 e. The Kier molecular flexibility index (Phi) is 5.46. The van der Waals surface area contributed by atoms with Crippen LogP contribution in [0.15, 0.2) is 0 Å². The van der Waals surface area contributed by atoms with Crippen LogP contribution in [0, 0.1) is 11.8 Å². The third-order valence-electron chi connectivity index (χ3n) is 3.28. The molecule has 1 aliphatic rings. The normalized spacial score (nSPS) is 17.2. The number of nitrogens with zero attached hydrogens (tertiary/aromatic N) is 2. The van der Waals surface area contributed by atoms with E-state index in [4.69, 9.17) is 10.2 Å². The fourth-order valence-corrected chi connectivity index (χ4v) is 1.94. The molecule has 0 aromatic rings. The van der Waals surface area contributed by atoms with Crippen LogP contribution in [0.1, 0.15) is 6.92 Å². The van der Waals surface area contributed by atoms with Crippen molar-refractivity contribution in [3.63, 3.8) is 0 Å². The first-order valence-corrected chi connectivity index (χ1v) is 6.02. The monoisotopic (exact) mass is 280 g/mol. The van der Waals surface area contributed by atoms with E-state index in [1.807, 2.05) is 0 Å². The molecule has 0 aromatic carbocycles. The molecule has 1 heterocycles. The number of aliphatic carboxylic acids is 1. The van der Waals surface area contributed by atoms with E-state index in [1.165, 1.54) is 4.90 Å². The lowest BCUT2D eigenvalue weighted by Gasteiger charge is -2.43. The molecule has 6 nitrogen and oxygen atoms in total. The molecule has 0 saturated carbocycles. The minimum absolute atomic E-state index is 0.149. The van der Waals surface area contributed by atoms with Gasteiger partial charge in [-0.15, -0.1) is 0 Å². The summed E-state index contributed by atoms with van der Waals surface area (Å²) >= 11 is 0. The number of urea groups is 1. The highest BCUT2D eigenvalue weighted by Crippen LogP contribution is 2.25. The highest BCUT2D eigenvalue weighted by molar-refractivity contribution is 5.76. The number of carboxylic acids is 1. The zero-order chi connectivity index (χ0) is 14.6. The Hall–Kier alpha value is -1.44. The molecule has 0 aromatic heterocycles. The Balaban J connectivity index is 2.48. The first-order valence-electron chi connectivity index (χ1n) is 6.02. The van der Waals surface area contributed by atoms with Gasteiger partial charge in [0, 0.05) is 25.6 Å². The maximum atomic E-state index is 12.3. The molecule has 0 aliphatic carbocycles. The van der Waals surface area contributed by atoms with Crippen LogP contribution < -0.4 is 0 Å². The van der Waals surface area contributed by atoms with Gasteiger partial charge in [0.2, 0.25) is 0 Å². The molecule has 1 saturated heterocycles. The topological polar surface area (TPSA) is 81.1 Å². The Bertz CT molecular complexity index is 335. The second kappa shape index (κ2) is 6.65. The lowest BCUT2D eigenvalue weighted by atomic mass is 9.87. The molecule has 19 heavy (non-hydrogen) atoms. The summed E-state index contributed by atoms with van der Waals surface area (Å²) in [5, 5.41) is 17.6. The van der Waals surface area contributed by atoms with Gasteiger partial charge in [0.1, 0.15) is 0 Å². The van der Waals surface area contributed by atoms with Crippen molar-refractivity contribution in [1.29, 1.82) is 0 Å². The van der Waals surface area contributed by atoms with Crippen LogP contribution in [0.25, 0.3) is 0 Å². The van der Waals surface area contributed by atoms with Crippen LogP contribution in [-0.2, 0) is 4.79 Å². The Morgan fingerprint density at radius 3 is 2.42 bits per heavy atom. The van der Waals surface area contributed by atoms with Crippen molar-refractivity contribution < 1.29 is 28.6 Å². The molecule has 1 unspecified atom stereocenters. The van der Waals surface area contributed by atoms with Gasteiger partial charge in [-0.25, -0.2) is 13.6 Å². The van der Waals surface area contributed by atoms with Gasteiger partial charge < -0.3 is 20.0 Å². The average Bonchev–Trinajstić information content (AvgIpc) is 2.25. The van der Waals surface area contributed by atoms with E-state index in [2.05, 4.69) is 0 Å². The fraction of sp³-hybridized carbons (Fsp3) is 0.818. The van der Waals surface area contributed by atoms with Gasteiger partial charge in [-0.2, -0.15) is 0 Å². The number of hydrogen-bond acceptors (Lipinski definition) is 3. The van der Waals surface area contributed by atoms with Crippen molar-refractivity contribution in [1.82, 2.24) is 9.80 Å². The molecule has 2 N–H and O–H groups in total. The van der Waals surface area contributed by atoms with Crippen molar-refractivity contribution in [2.24, 2.45) is 11.8 Å². The molecular formula is C11H18F2N2O4. The average molecular weight is 280 g/mol. The van der Waals surface area contributed by atoms with Gasteiger partial charge in [0.05, 0.1) is 19.1 Å². The molecule has 2 amide bonds. The summed E-state index contributed by atoms with van der Waals surface area (Å²) in [5.41, 5.74) is 0. The quantitative estimate of drug-likeness (QED) is 0.734. The van der Waals surface area contributed by atoms with E-state index in [9.17, 15) is 18.4 Å². The predicted octanol–water partition coefficient (Wildman–Crippen LogP) is 0.318. The molecule has 0 radical (unpaired) electrons. The fourth-order valence-electron chi connectivity index (χ4n) is 1.94. The van der Waals surface area contributed by atoms with Gasteiger partial charge in [-0.05, 0) is 0 Å². The number of rotatable bonds is 6. The molecule has 0 bridgehead atoms. The summed E-state index contributed by atoms with van der Waals surface area (Å²) in [6, 6.07) is -0.580. The molecule has 1 aliphatic heterocycles. The number of aliphatic hydroxyl groups excluding tert-OH is 1. The summed E-state index contributed by atoms with van der Waals surface area (Å²) in [4.78, 5) is 24.8. The SMILES string of the molecule is CC(C(=O)O)C1CN(C(=O)N(CCO)CC(F)F)C1. The summed E-state index contributed by atoms with van der Waals surface area (Å²) in [5.74, 6) is -1.65. The molecule has 110 valence electrons. The van der Waals surface area contributed by atoms with Crippen LogP contribution >= 0.6 is 0 Å². The molecular weight excluding hydrogens is 262 g/mol. The van der Waals surface area contributed by atoms with E-state index in [-0.39, 0.29) is 32.2 Å². The zero-order valence-electron chi connectivity index (χ0n) is 10.6. The van der Waals surface area contributed by atoms with Crippen LogP contribution in [0.2, 0.25) is 0 Å². The van der Waals surface area contributed by atoms with Gasteiger partial charge >= 0.3 is 12.0 Å². The first-order chi connectivity index (χ1) is 8.86. The Morgan fingerprint density at radius 1 is 1.42 bits per heavy atom. The van der Waals surface area contributed by atoms with Crippen molar-refractivity contribution in [2.75, 3.05) is 32.8 Å². The van der Waals surface area contributed by atoms with Crippen LogP contribution in [0.4, 0.5) is 13.6 Å². The van der Waals surface area contributed by atoms with Crippen LogP contribution in [0.5, 0.6) is 0 Å². The molecule has 1 atom stereocenters. The first kappa shape index (κ1) is 15.6. The summed E-state index contributed by atoms with van der Waals surface area (Å²) in [6.07, 6.45) is -2.66. The maximum Gasteiger partial charge on any atom is 0.320 e. The standard InChI is InChI=1S/C11H18F2N2O4/c1-7(10(17)18)8-4-15(5-8)11(19)14(2-3-16)6-9(12)13/h7-9,16H,2-6H2,1H3,(H,17,18).